The van der Waals surface area contributed by atoms with Gasteiger partial charge in [0.2, 0.25) is 5.91 Å². The maximum absolute atomic E-state index is 12.9. The molecular formula is C18H21N3OS. The molecule has 0 aliphatic carbocycles. The Morgan fingerprint density at radius 2 is 2.22 bits per heavy atom. The molecule has 0 spiro atoms. The molecule has 4 nitrogen and oxygen atoms in total. The van der Waals surface area contributed by atoms with Crippen LogP contribution in [0.25, 0.3) is 0 Å². The molecule has 5 heteroatoms. The van der Waals surface area contributed by atoms with Gasteiger partial charge in [-0.15, -0.1) is 11.8 Å². The molecule has 1 saturated heterocycles. The summed E-state index contributed by atoms with van der Waals surface area (Å²) < 4.78 is 2.03. The van der Waals surface area contributed by atoms with Gasteiger partial charge >= 0.3 is 0 Å². The Hall–Kier alpha value is -1.75. The Morgan fingerprint density at radius 1 is 1.35 bits per heavy atom. The van der Waals surface area contributed by atoms with Crippen LogP contribution in [0.1, 0.15) is 30.0 Å². The Morgan fingerprint density at radius 3 is 3.00 bits per heavy atom. The van der Waals surface area contributed by atoms with E-state index in [2.05, 4.69) is 47.4 Å². The van der Waals surface area contributed by atoms with Crippen LogP contribution >= 0.6 is 11.8 Å². The summed E-state index contributed by atoms with van der Waals surface area (Å²) in [5.41, 5.74) is 2.49. The maximum Gasteiger partial charge on any atom is 0.236 e. The normalized spacial score (nSPS) is 23.8. The number of aryl methyl sites for hydroxylation is 1. The lowest BCUT2D eigenvalue weighted by molar-refractivity contribution is -0.132. The van der Waals surface area contributed by atoms with Crippen LogP contribution in [0.15, 0.2) is 41.6 Å². The van der Waals surface area contributed by atoms with E-state index in [0.29, 0.717) is 11.9 Å². The number of nitrogens with zero attached hydrogens (tertiary/aromatic N) is 3. The lowest BCUT2D eigenvalue weighted by Gasteiger charge is -2.34. The quantitative estimate of drug-likeness (QED) is 0.851. The fraction of sp³-hybridized carbons (Fsp3) is 0.444. The van der Waals surface area contributed by atoms with E-state index in [1.54, 1.807) is 11.8 Å². The summed E-state index contributed by atoms with van der Waals surface area (Å²) in [6, 6.07) is 8.69. The largest absolute Gasteiger partial charge is 0.340 e. The minimum absolute atomic E-state index is 0.0468. The van der Waals surface area contributed by atoms with E-state index in [9.17, 15) is 4.79 Å². The van der Waals surface area contributed by atoms with Crippen molar-refractivity contribution in [2.45, 2.75) is 42.4 Å². The minimum Gasteiger partial charge on any atom is -0.340 e. The fourth-order valence-corrected chi connectivity index (χ4v) is 4.81. The molecule has 2 atom stereocenters. The Balaban J connectivity index is 1.45. The molecule has 1 amide bonds. The van der Waals surface area contributed by atoms with E-state index in [-0.39, 0.29) is 5.25 Å². The third kappa shape index (κ3) is 2.90. The molecule has 2 aromatic rings. The molecule has 2 aliphatic heterocycles. The van der Waals surface area contributed by atoms with Crippen molar-refractivity contribution in [1.82, 2.24) is 14.7 Å². The van der Waals surface area contributed by atoms with Crippen molar-refractivity contribution in [1.29, 1.82) is 0 Å². The lowest BCUT2D eigenvalue weighted by Crippen LogP contribution is -2.44. The van der Waals surface area contributed by atoms with Gasteiger partial charge in [0, 0.05) is 24.2 Å². The highest BCUT2D eigenvalue weighted by atomic mass is 32.2. The molecule has 0 radical (unpaired) electrons. The van der Waals surface area contributed by atoms with Crippen LogP contribution in [0.5, 0.6) is 0 Å². The van der Waals surface area contributed by atoms with Crippen LogP contribution < -0.4 is 0 Å². The van der Waals surface area contributed by atoms with E-state index >= 15 is 0 Å². The number of thioether (sulfide) groups is 1. The van der Waals surface area contributed by atoms with E-state index in [1.165, 1.54) is 16.0 Å². The number of piperidine rings is 1. The second kappa shape index (κ2) is 6.04. The van der Waals surface area contributed by atoms with Crippen molar-refractivity contribution in [2.75, 3.05) is 13.1 Å². The average molecular weight is 327 g/mol. The zero-order valence-electron chi connectivity index (χ0n) is 13.3. The first kappa shape index (κ1) is 14.8. The number of aromatic nitrogens is 2. The van der Waals surface area contributed by atoms with E-state index in [1.807, 2.05) is 10.9 Å². The SMILES string of the molecule is Cc1cnn([C@H]2CCCN(C(=O)[C@H]3Cc4ccccc4S3)C2)c1. The standard InChI is InChI=1S/C18H21N3OS/c1-13-10-19-21(11-13)15-6-4-8-20(12-15)18(22)17-9-14-5-2-3-7-16(14)23-17/h2-3,5,7,10-11,15,17H,4,6,8-9,12H2,1H3/t15-,17+/m0/s1. The number of benzene rings is 1. The number of likely N-dealkylation sites (tertiary alicyclic amines) is 1. The third-order valence-corrected chi connectivity index (χ3v) is 6.04. The number of amides is 1. The molecule has 1 aromatic heterocycles. The number of rotatable bonds is 2. The van der Waals surface area contributed by atoms with Gasteiger partial charge < -0.3 is 4.90 Å². The van der Waals surface area contributed by atoms with Crippen LogP contribution in [0.4, 0.5) is 0 Å². The van der Waals surface area contributed by atoms with E-state index in [0.717, 1.165) is 32.4 Å². The first-order valence-electron chi connectivity index (χ1n) is 8.25. The van der Waals surface area contributed by atoms with Gasteiger partial charge in [-0.3, -0.25) is 9.48 Å². The van der Waals surface area contributed by atoms with Crippen LogP contribution in [0.3, 0.4) is 0 Å². The number of carbonyl (C=O) groups excluding carboxylic acids is 1. The van der Waals surface area contributed by atoms with Crippen LogP contribution in [0, 0.1) is 6.92 Å². The second-order valence-corrected chi connectivity index (χ2v) is 7.74. The van der Waals surface area contributed by atoms with Gasteiger partial charge in [0.05, 0.1) is 17.5 Å². The molecule has 0 saturated carbocycles. The first-order valence-corrected chi connectivity index (χ1v) is 9.13. The predicted molar refractivity (Wildman–Crippen MR) is 91.6 cm³/mol. The van der Waals surface area contributed by atoms with Gasteiger partial charge in [0.15, 0.2) is 0 Å². The highest BCUT2D eigenvalue weighted by Gasteiger charge is 2.34. The van der Waals surface area contributed by atoms with Gasteiger partial charge in [-0.25, -0.2) is 0 Å². The number of hydrogen-bond acceptors (Lipinski definition) is 3. The minimum atomic E-state index is 0.0468. The molecule has 0 N–H and O–H groups in total. The van der Waals surface area contributed by atoms with Crippen molar-refractivity contribution in [2.24, 2.45) is 0 Å². The summed E-state index contributed by atoms with van der Waals surface area (Å²) in [6.07, 6.45) is 6.99. The van der Waals surface area contributed by atoms with Gasteiger partial charge in [0.1, 0.15) is 0 Å². The van der Waals surface area contributed by atoms with Gasteiger partial charge in [-0.1, -0.05) is 18.2 Å². The molecule has 3 heterocycles. The second-order valence-electron chi connectivity index (χ2n) is 6.50. The molecule has 120 valence electrons. The van der Waals surface area contributed by atoms with Gasteiger partial charge in [-0.05, 0) is 43.4 Å². The van der Waals surface area contributed by atoms with Crippen LogP contribution in [-0.2, 0) is 11.2 Å². The molecule has 1 fully saturated rings. The van der Waals surface area contributed by atoms with Gasteiger partial charge in [-0.2, -0.15) is 5.10 Å². The summed E-state index contributed by atoms with van der Waals surface area (Å²) in [6.45, 7) is 3.72. The van der Waals surface area contributed by atoms with Crippen molar-refractivity contribution >= 4 is 17.7 Å². The van der Waals surface area contributed by atoms with E-state index in [4.69, 9.17) is 0 Å². The number of carbonyl (C=O) groups is 1. The van der Waals surface area contributed by atoms with Crippen molar-refractivity contribution in [3.05, 3.63) is 47.8 Å². The van der Waals surface area contributed by atoms with Crippen molar-refractivity contribution in [3.8, 4) is 0 Å². The molecule has 4 rings (SSSR count). The zero-order valence-corrected chi connectivity index (χ0v) is 14.1. The number of fused-ring (bicyclic) bond motifs is 1. The molecule has 0 unspecified atom stereocenters. The zero-order chi connectivity index (χ0) is 15.8. The molecule has 1 aromatic carbocycles. The molecular weight excluding hydrogens is 306 g/mol. The maximum atomic E-state index is 12.9. The average Bonchev–Trinajstić information content (AvgIpc) is 3.20. The lowest BCUT2D eigenvalue weighted by atomic mass is 10.0. The summed E-state index contributed by atoms with van der Waals surface area (Å²) >= 11 is 1.73. The van der Waals surface area contributed by atoms with Gasteiger partial charge in [0.25, 0.3) is 0 Å². The topological polar surface area (TPSA) is 38.1 Å². The Kier molecular flexibility index (Phi) is 3.89. The van der Waals surface area contributed by atoms with Crippen LogP contribution in [0.2, 0.25) is 0 Å². The highest BCUT2D eigenvalue weighted by Crippen LogP contribution is 2.38. The summed E-state index contributed by atoms with van der Waals surface area (Å²) in [4.78, 5) is 16.2. The molecule has 0 bridgehead atoms. The van der Waals surface area contributed by atoms with Crippen molar-refractivity contribution < 1.29 is 4.79 Å². The summed E-state index contributed by atoms with van der Waals surface area (Å²) in [5, 5.41) is 4.48. The molecule has 2 aliphatic rings. The summed E-state index contributed by atoms with van der Waals surface area (Å²) in [5.74, 6) is 0.291. The van der Waals surface area contributed by atoms with E-state index < -0.39 is 0 Å². The number of hydrogen-bond donors (Lipinski definition) is 0. The first-order chi connectivity index (χ1) is 11.2. The summed E-state index contributed by atoms with van der Waals surface area (Å²) in [7, 11) is 0. The highest BCUT2D eigenvalue weighted by molar-refractivity contribution is 8.01. The predicted octanol–water partition coefficient (Wildman–Crippen LogP) is 3.07. The fourth-order valence-electron chi connectivity index (χ4n) is 3.53. The smallest absolute Gasteiger partial charge is 0.236 e. The van der Waals surface area contributed by atoms with Crippen LogP contribution in [-0.4, -0.2) is 38.9 Å². The van der Waals surface area contributed by atoms with Crippen molar-refractivity contribution in [3.63, 3.8) is 0 Å². The Labute approximate surface area is 140 Å². The monoisotopic (exact) mass is 327 g/mol. The third-order valence-electron chi connectivity index (χ3n) is 4.74. The molecule has 23 heavy (non-hydrogen) atoms. The Bertz CT molecular complexity index is 702.